The molecule has 1 aromatic carbocycles. The number of hydrogen-bond acceptors (Lipinski definition) is 5. The molecule has 7 nitrogen and oxygen atoms in total. The van der Waals surface area contributed by atoms with Gasteiger partial charge in [0.25, 0.3) is 0 Å². The molecule has 0 amide bonds. The highest BCUT2D eigenvalue weighted by molar-refractivity contribution is 7.89. The summed E-state index contributed by atoms with van der Waals surface area (Å²) in [5, 5.41) is 11.1. The Hall–Kier alpha value is -1.80. The van der Waals surface area contributed by atoms with Crippen molar-refractivity contribution in [2.45, 2.75) is 4.90 Å². The molecule has 1 rings (SSSR count). The third-order valence-corrected chi connectivity index (χ3v) is 3.95. The molecule has 0 spiro atoms. The first kappa shape index (κ1) is 14.3. The van der Waals surface area contributed by atoms with Crippen LogP contribution < -0.4 is 10.5 Å². The Morgan fingerprint density at radius 3 is 2.39 bits per heavy atom. The van der Waals surface area contributed by atoms with Crippen LogP contribution in [0.15, 0.2) is 34.3 Å². The van der Waals surface area contributed by atoms with Gasteiger partial charge in [-0.15, -0.1) is 0 Å². The number of nitrogens with zero attached hydrogens (tertiary/aromatic N) is 2. The van der Waals surface area contributed by atoms with Gasteiger partial charge in [0.2, 0.25) is 10.0 Å². The topological polar surface area (TPSA) is 105 Å². The quantitative estimate of drug-likeness (QED) is 0.341. The van der Waals surface area contributed by atoms with Crippen molar-refractivity contribution < 1.29 is 18.4 Å². The van der Waals surface area contributed by atoms with Crippen molar-refractivity contribution in [3.8, 4) is 5.75 Å². The predicted octanol–water partition coefficient (Wildman–Crippen LogP) is 0.0621. The van der Waals surface area contributed by atoms with Crippen LogP contribution in [0.3, 0.4) is 0 Å². The first-order valence-corrected chi connectivity index (χ1v) is 6.43. The second-order valence-corrected chi connectivity index (χ2v) is 5.79. The van der Waals surface area contributed by atoms with Crippen molar-refractivity contribution in [1.29, 1.82) is 0 Å². The number of ether oxygens (including phenoxy) is 1. The second kappa shape index (κ2) is 5.69. The number of nitrogens with two attached hydrogens (primary N) is 1. The monoisotopic (exact) mass is 273 g/mol. The van der Waals surface area contributed by atoms with E-state index < -0.39 is 10.0 Å². The number of oxime groups is 1. The van der Waals surface area contributed by atoms with Gasteiger partial charge < -0.3 is 15.7 Å². The third kappa shape index (κ3) is 3.34. The Morgan fingerprint density at radius 2 is 1.94 bits per heavy atom. The summed E-state index contributed by atoms with van der Waals surface area (Å²) in [7, 11) is -0.527. The zero-order valence-electron chi connectivity index (χ0n) is 10.1. The lowest BCUT2D eigenvalue weighted by molar-refractivity contribution is 0.306. The van der Waals surface area contributed by atoms with Gasteiger partial charge in [-0.05, 0) is 24.3 Å². The smallest absolute Gasteiger partial charge is 0.242 e. The predicted molar refractivity (Wildman–Crippen MR) is 66.2 cm³/mol. The van der Waals surface area contributed by atoms with E-state index >= 15 is 0 Å². The van der Waals surface area contributed by atoms with Crippen LogP contribution >= 0.6 is 0 Å². The van der Waals surface area contributed by atoms with Crippen molar-refractivity contribution in [3.63, 3.8) is 0 Å². The second-order valence-electron chi connectivity index (χ2n) is 3.64. The van der Waals surface area contributed by atoms with Crippen molar-refractivity contribution in [2.24, 2.45) is 10.9 Å². The van der Waals surface area contributed by atoms with E-state index in [-0.39, 0.29) is 17.3 Å². The van der Waals surface area contributed by atoms with E-state index in [1.807, 2.05) is 0 Å². The molecule has 0 aliphatic heterocycles. The van der Waals surface area contributed by atoms with Crippen molar-refractivity contribution >= 4 is 15.9 Å². The van der Waals surface area contributed by atoms with Gasteiger partial charge >= 0.3 is 0 Å². The van der Waals surface area contributed by atoms with E-state index in [0.717, 1.165) is 4.31 Å². The molecule has 0 saturated heterocycles. The van der Waals surface area contributed by atoms with E-state index in [9.17, 15) is 8.42 Å². The first-order valence-electron chi connectivity index (χ1n) is 4.99. The molecule has 0 unspecified atom stereocenters. The SMILES string of the molecule is CN(C)S(=O)(=O)c1ccc(OC/C(N)=N/O)cc1. The molecule has 0 saturated carbocycles. The van der Waals surface area contributed by atoms with E-state index in [1.54, 1.807) is 0 Å². The number of sulfonamides is 1. The summed E-state index contributed by atoms with van der Waals surface area (Å²) in [5.41, 5.74) is 5.23. The molecule has 3 N–H and O–H groups in total. The molecule has 8 heteroatoms. The van der Waals surface area contributed by atoms with E-state index in [4.69, 9.17) is 15.7 Å². The Balaban J connectivity index is 2.81. The molecule has 0 aliphatic carbocycles. The lowest BCUT2D eigenvalue weighted by Gasteiger charge is -2.11. The molecular weight excluding hydrogens is 258 g/mol. The van der Waals surface area contributed by atoms with Crippen LogP contribution in [0.1, 0.15) is 0 Å². The van der Waals surface area contributed by atoms with Crippen molar-refractivity contribution in [3.05, 3.63) is 24.3 Å². The maximum Gasteiger partial charge on any atom is 0.242 e. The van der Waals surface area contributed by atoms with Gasteiger partial charge in [-0.1, -0.05) is 5.16 Å². The van der Waals surface area contributed by atoms with Gasteiger partial charge in [-0.3, -0.25) is 0 Å². The standard InChI is InChI=1S/C10H15N3O4S/c1-13(2)18(15,16)9-5-3-8(4-6-9)17-7-10(11)12-14/h3-6,14H,7H2,1-2H3,(H2,11,12). The Labute approximate surface area is 106 Å². The van der Waals surface area contributed by atoms with E-state index in [1.165, 1.54) is 38.4 Å². The number of benzene rings is 1. The molecule has 0 radical (unpaired) electrons. The fraction of sp³-hybridized carbons (Fsp3) is 0.300. The highest BCUT2D eigenvalue weighted by atomic mass is 32.2. The molecule has 0 heterocycles. The summed E-state index contributed by atoms with van der Waals surface area (Å²) in [6.07, 6.45) is 0. The molecule has 0 fully saturated rings. The normalized spacial score (nSPS) is 12.7. The minimum Gasteiger partial charge on any atom is -0.486 e. The first-order chi connectivity index (χ1) is 8.37. The van der Waals surface area contributed by atoms with Crippen LogP contribution in [0.25, 0.3) is 0 Å². The molecule has 0 atom stereocenters. The summed E-state index contributed by atoms with van der Waals surface area (Å²) in [4.78, 5) is 0.170. The maximum atomic E-state index is 11.8. The maximum absolute atomic E-state index is 11.8. The van der Waals surface area contributed by atoms with Gasteiger partial charge in [0.1, 0.15) is 12.4 Å². The van der Waals surface area contributed by atoms with Crippen LogP contribution in [0, 0.1) is 0 Å². The van der Waals surface area contributed by atoms with Gasteiger partial charge in [-0.25, -0.2) is 12.7 Å². The van der Waals surface area contributed by atoms with Gasteiger partial charge in [0, 0.05) is 14.1 Å². The number of hydrogen-bond donors (Lipinski definition) is 2. The van der Waals surface area contributed by atoms with Crippen LogP contribution in [-0.4, -0.2) is 44.5 Å². The number of amidine groups is 1. The van der Waals surface area contributed by atoms with E-state index in [0.29, 0.717) is 5.75 Å². The summed E-state index contributed by atoms with van der Waals surface area (Å²) in [6.45, 7) is -0.0731. The summed E-state index contributed by atoms with van der Waals surface area (Å²) in [6, 6.07) is 5.86. The van der Waals surface area contributed by atoms with Crippen LogP contribution in [0.5, 0.6) is 5.75 Å². The van der Waals surface area contributed by atoms with Gasteiger partial charge in [-0.2, -0.15) is 0 Å². The molecule has 0 aliphatic rings. The van der Waals surface area contributed by atoms with Crippen molar-refractivity contribution in [2.75, 3.05) is 20.7 Å². The Kier molecular flexibility index (Phi) is 4.51. The zero-order chi connectivity index (χ0) is 13.8. The molecule has 0 aromatic heterocycles. The molecule has 0 bridgehead atoms. The summed E-state index contributed by atoms with van der Waals surface area (Å²) in [5.74, 6) is 0.360. The Bertz CT molecular complexity index is 523. The van der Waals surface area contributed by atoms with Gasteiger partial charge in [0.15, 0.2) is 5.84 Å². The molecule has 18 heavy (non-hydrogen) atoms. The third-order valence-electron chi connectivity index (χ3n) is 2.12. The number of rotatable bonds is 5. The minimum atomic E-state index is -3.44. The summed E-state index contributed by atoms with van der Waals surface area (Å²) < 4.78 is 29.8. The lowest BCUT2D eigenvalue weighted by atomic mass is 10.3. The van der Waals surface area contributed by atoms with Gasteiger partial charge in [0.05, 0.1) is 4.90 Å². The minimum absolute atomic E-state index is 0.0695. The zero-order valence-corrected chi connectivity index (χ0v) is 10.9. The largest absolute Gasteiger partial charge is 0.486 e. The highest BCUT2D eigenvalue weighted by Gasteiger charge is 2.16. The van der Waals surface area contributed by atoms with Crippen LogP contribution in [0.2, 0.25) is 0 Å². The molecule has 100 valence electrons. The highest BCUT2D eigenvalue weighted by Crippen LogP contribution is 2.17. The van der Waals surface area contributed by atoms with Crippen LogP contribution in [-0.2, 0) is 10.0 Å². The average molecular weight is 273 g/mol. The van der Waals surface area contributed by atoms with Crippen molar-refractivity contribution in [1.82, 2.24) is 4.31 Å². The van der Waals surface area contributed by atoms with E-state index in [2.05, 4.69) is 5.16 Å². The fourth-order valence-electron chi connectivity index (χ4n) is 1.10. The fourth-order valence-corrected chi connectivity index (χ4v) is 2.01. The molecular formula is C10H15N3O4S. The molecule has 1 aromatic rings. The van der Waals surface area contributed by atoms with Crippen LogP contribution in [0.4, 0.5) is 0 Å². The average Bonchev–Trinajstić information content (AvgIpc) is 2.36. The summed E-state index contributed by atoms with van der Waals surface area (Å²) >= 11 is 0. The Morgan fingerprint density at radius 1 is 1.39 bits per heavy atom. The lowest BCUT2D eigenvalue weighted by Crippen LogP contribution is -2.22.